The van der Waals surface area contributed by atoms with Gasteiger partial charge in [0.15, 0.2) is 0 Å². The number of aliphatic hydroxyl groups is 1. The molecule has 0 radical (unpaired) electrons. The Labute approximate surface area is 229 Å². The van der Waals surface area contributed by atoms with Crippen LogP contribution < -0.4 is 4.90 Å². The van der Waals surface area contributed by atoms with E-state index in [1.807, 2.05) is 6.92 Å². The largest absolute Gasteiger partial charge is 0.461 e. The van der Waals surface area contributed by atoms with Crippen molar-refractivity contribution in [2.75, 3.05) is 31.2 Å². The number of rotatable bonds is 13. The Morgan fingerprint density at radius 3 is 2.55 bits per heavy atom. The first kappa shape index (κ1) is 28.3. The second kappa shape index (κ2) is 11.6. The predicted molar refractivity (Wildman–Crippen MR) is 145 cm³/mol. The van der Waals surface area contributed by atoms with E-state index in [9.17, 15) is 14.4 Å². The monoisotopic (exact) mass is 544 g/mol. The van der Waals surface area contributed by atoms with Crippen LogP contribution in [0.15, 0.2) is 49.6 Å². The summed E-state index contributed by atoms with van der Waals surface area (Å²) < 4.78 is 12.0. The number of amides is 2. The molecule has 0 aliphatic carbocycles. The number of ether oxygens (including phenoxy) is 2. The first-order chi connectivity index (χ1) is 18.2. The molecule has 5 atom stereocenters. The Kier molecular flexibility index (Phi) is 8.65. The molecule has 8 nitrogen and oxygen atoms in total. The standard InChI is InChI=1S/C29H37ClN2O6/c1-4-16-31(21-12-10-20(30)11-13-21)26(35)24-29-15-14-28(3,38-29)23(27(36)37-19-5-2)22(29)25(34)32(24)17-8-6-7-9-18-33/h4-5,10-13,22-24,33H,1-2,6-9,14-19H2,3H3/t22-,23+,24?,28-,29?/m0/s1. The molecule has 2 amide bonds. The van der Waals surface area contributed by atoms with Crippen molar-refractivity contribution in [1.29, 1.82) is 0 Å². The minimum absolute atomic E-state index is 0.0416. The van der Waals surface area contributed by atoms with Crippen molar-refractivity contribution in [2.45, 2.75) is 62.7 Å². The lowest BCUT2D eigenvalue weighted by Crippen LogP contribution is -2.56. The van der Waals surface area contributed by atoms with Gasteiger partial charge in [-0.15, -0.1) is 6.58 Å². The Hall–Kier alpha value is -2.68. The minimum atomic E-state index is -1.13. The second-order valence-corrected chi connectivity index (χ2v) is 11.0. The number of unbranched alkanes of at least 4 members (excludes halogenated alkanes) is 3. The Balaban J connectivity index is 1.72. The summed E-state index contributed by atoms with van der Waals surface area (Å²) in [6, 6.07) is 6.05. The zero-order valence-electron chi connectivity index (χ0n) is 21.9. The van der Waals surface area contributed by atoms with E-state index < -0.39 is 35.0 Å². The van der Waals surface area contributed by atoms with Crippen LogP contribution in [0.1, 0.15) is 45.4 Å². The lowest BCUT2D eigenvalue weighted by Gasteiger charge is -2.37. The maximum atomic E-state index is 14.4. The van der Waals surface area contributed by atoms with E-state index in [0.29, 0.717) is 42.9 Å². The van der Waals surface area contributed by atoms with Gasteiger partial charge in [0.25, 0.3) is 5.91 Å². The Morgan fingerprint density at radius 2 is 1.89 bits per heavy atom. The maximum Gasteiger partial charge on any atom is 0.313 e. The van der Waals surface area contributed by atoms with Gasteiger partial charge in [-0.3, -0.25) is 14.4 Å². The molecule has 3 aliphatic heterocycles. The van der Waals surface area contributed by atoms with Gasteiger partial charge in [-0.2, -0.15) is 0 Å². The molecule has 3 fully saturated rings. The normalized spacial score (nSPS) is 29.3. The van der Waals surface area contributed by atoms with Crippen molar-refractivity contribution >= 4 is 35.1 Å². The van der Waals surface area contributed by atoms with Crippen molar-refractivity contribution in [3.8, 4) is 0 Å². The number of nitrogens with zero attached hydrogens (tertiary/aromatic N) is 2. The van der Waals surface area contributed by atoms with Crippen molar-refractivity contribution in [3.63, 3.8) is 0 Å². The van der Waals surface area contributed by atoms with E-state index in [0.717, 1.165) is 12.8 Å². The summed E-state index contributed by atoms with van der Waals surface area (Å²) in [6.45, 7) is 10.0. The smallest absolute Gasteiger partial charge is 0.313 e. The summed E-state index contributed by atoms with van der Waals surface area (Å²) in [7, 11) is 0. The summed E-state index contributed by atoms with van der Waals surface area (Å²) in [5.41, 5.74) is -1.39. The number of halogens is 1. The van der Waals surface area contributed by atoms with Crippen molar-refractivity contribution < 1.29 is 29.0 Å². The molecule has 206 valence electrons. The number of fused-ring (bicyclic) bond motifs is 1. The highest BCUT2D eigenvalue weighted by Crippen LogP contribution is 2.63. The van der Waals surface area contributed by atoms with E-state index in [1.54, 1.807) is 40.1 Å². The first-order valence-electron chi connectivity index (χ1n) is 13.3. The predicted octanol–water partition coefficient (Wildman–Crippen LogP) is 3.91. The van der Waals surface area contributed by atoms with Crippen molar-refractivity contribution in [2.24, 2.45) is 11.8 Å². The molecule has 1 N–H and O–H groups in total. The Morgan fingerprint density at radius 1 is 1.18 bits per heavy atom. The molecule has 1 aromatic carbocycles. The summed E-state index contributed by atoms with van der Waals surface area (Å²) in [4.78, 5) is 44.9. The van der Waals surface area contributed by atoms with E-state index in [4.69, 9.17) is 26.2 Å². The fourth-order valence-electron chi connectivity index (χ4n) is 6.50. The topological polar surface area (TPSA) is 96.4 Å². The molecule has 3 aliphatic rings. The fourth-order valence-corrected chi connectivity index (χ4v) is 6.63. The minimum Gasteiger partial charge on any atom is -0.461 e. The van der Waals surface area contributed by atoms with Gasteiger partial charge in [0.2, 0.25) is 5.91 Å². The van der Waals surface area contributed by atoms with E-state index >= 15 is 0 Å². The molecule has 2 unspecified atom stereocenters. The van der Waals surface area contributed by atoms with Gasteiger partial charge in [0.1, 0.15) is 24.2 Å². The SMILES string of the molecule is C=CCOC(=O)[C@H]1[C@H]2C(=O)N(CCCCCCO)C(C(=O)N(CC=C)c3ccc(Cl)cc3)C23CC[C@]1(C)O3. The third-order valence-electron chi connectivity index (χ3n) is 8.13. The Bertz CT molecular complexity index is 1080. The molecule has 3 saturated heterocycles. The molecule has 38 heavy (non-hydrogen) atoms. The number of hydrogen-bond acceptors (Lipinski definition) is 6. The quantitative estimate of drug-likeness (QED) is 0.230. The molecule has 1 aromatic rings. The number of benzene rings is 1. The van der Waals surface area contributed by atoms with Crippen LogP contribution in [0, 0.1) is 11.8 Å². The zero-order valence-corrected chi connectivity index (χ0v) is 22.7. The number of carbonyl (C=O) groups is 3. The van der Waals surface area contributed by atoms with Crippen LogP contribution in [0.4, 0.5) is 5.69 Å². The maximum absolute atomic E-state index is 14.4. The van der Waals surface area contributed by atoms with Crippen molar-refractivity contribution in [3.05, 3.63) is 54.6 Å². The molecular formula is C29H37ClN2O6. The van der Waals surface area contributed by atoms with Crippen LogP contribution in [-0.4, -0.2) is 71.3 Å². The van der Waals surface area contributed by atoms with Crippen LogP contribution in [0.3, 0.4) is 0 Å². The highest BCUT2D eigenvalue weighted by Gasteiger charge is 2.78. The van der Waals surface area contributed by atoms with Crippen LogP contribution >= 0.6 is 11.6 Å². The lowest BCUT2D eigenvalue weighted by molar-refractivity contribution is -0.158. The van der Waals surface area contributed by atoms with Crippen LogP contribution in [0.5, 0.6) is 0 Å². The number of carbonyl (C=O) groups excluding carboxylic acids is 3. The molecular weight excluding hydrogens is 508 g/mol. The second-order valence-electron chi connectivity index (χ2n) is 10.5. The lowest BCUT2D eigenvalue weighted by atomic mass is 9.66. The number of likely N-dealkylation sites (tertiary alicyclic amines) is 1. The summed E-state index contributed by atoms with van der Waals surface area (Å²) >= 11 is 6.09. The van der Waals surface area contributed by atoms with Crippen molar-refractivity contribution in [1.82, 2.24) is 4.90 Å². The molecule has 3 heterocycles. The average Bonchev–Trinajstić information content (AvgIpc) is 3.46. The summed E-state index contributed by atoms with van der Waals surface area (Å²) in [5.74, 6) is -2.63. The highest BCUT2D eigenvalue weighted by molar-refractivity contribution is 6.30. The summed E-state index contributed by atoms with van der Waals surface area (Å²) in [5, 5.41) is 9.67. The molecule has 2 bridgehead atoms. The molecule has 9 heteroatoms. The van der Waals surface area contributed by atoms with Gasteiger partial charge in [-0.25, -0.2) is 0 Å². The first-order valence-corrected chi connectivity index (χ1v) is 13.7. The van der Waals surface area contributed by atoms with Gasteiger partial charge in [0.05, 0.1) is 11.5 Å². The van der Waals surface area contributed by atoms with Gasteiger partial charge in [0, 0.05) is 30.4 Å². The number of hydrogen-bond donors (Lipinski definition) is 1. The average molecular weight is 545 g/mol. The fraction of sp³-hybridized carbons (Fsp3) is 0.552. The highest BCUT2D eigenvalue weighted by atomic mass is 35.5. The van der Waals surface area contributed by atoms with E-state index in [-0.39, 0.29) is 31.6 Å². The van der Waals surface area contributed by atoms with Gasteiger partial charge in [-0.1, -0.05) is 43.2 Å². The number of aliphatic hydroxyl groups excluding tert-OH is 1. The molecule has 1 spiro atoms. The van der Waals surface area contributed by atoms with Crippen LogP contribution in [0.25, 0.3) is 0 Å². The molecule has 0 aromatic heterocycles. The number of esters is 1. The van der Waals surface area contributed by atoms with E-state index in [1.165, 1.54) is 6.08 Å². The third-order valence-corrected chi connectivity index (χ3v) is 8.38. The van der Waals surface area contributed by atoms with Gasteiger partial charge >= 0.3 is 5.97 Å². The van der Waals surface area contributed by atoms with Gasteiger partial charge < -0.3 is 24.4 Å². The molecule has 0 saturated carbocycles. The van der Waals surface area contributed by atoms with Gasteiger partial charge in [-0.05, 0) is 56.9 Å². The molecule has 4 rings (SSSR count). The van der Waals surface area contributed by atoms with E-state index in [2.05, 4.69) is 13.2 Å². The number of anilines is 1. The summed E-state index contributed by atoms with van der Waals surface area (Å²) in [6.07, 6.45) is 7.15. The third kappa shape index (κ3) is 4.90. The van der Waals surface area contributed by atoms with Crippen LogP contribution in [-0.2, 0) is 23.9 Å². The van der Waals surface area contributed by atoms with Crippen LogP contribution in [0.2, 0.25) is 5.02 Å². The zero-order chi connectivity index (χ0) is 27.5.